The van der Waals surface area contributed by atoms with E-state index in [-0.39, 0.29) is 18.2 Å². The quantitative estimate of drug-likeness (QED) is 0.762. The van der Waals surface area contributed by atoms with E-state index in [1.165, 1.54) is 12.6 Å². The van der Waals surface area contributed by atoms with Gasteiger partial charge in [0, 0.05) is 64.0 Å². The number of hydrogen-bond donors (Lipinski definition) is 1. The summed E-state index contributed by atoms with van der Waals surface area (Å²) in [5, 5.41) is 2.73. The SMILES string of the molecule is C=CCNC(=O)CCN(C(C)=O)c1ccc(N2CCN(C)CC2)cc1. The molecule has 0 unspecified atom stereocenters. The van der Waals surface area contributed by atoms with Crippen molar-refractivity contribution in [2.75, 3.05) is 56.1 Å². The molecule has 1 heterocycles. The van der Waals surface area contributed by atoms with Crippen LogP contribution < -0.4 is 15.1 Å². The van der Waals surface area contributed by atoms with Crippen LogP contribution in [0.1, 0.15) is 13.3 Å². The van der Waals surface area contributed by atoms with Gasteiger partial charge in [-0.1, -0.05) is 6.08 Å². The summed E-state index contributed by atoms with van der Waals surface area (Å²) in [6.45, 7) is 10.0. The van der Waals surface area contributed by atoms with Gasteiger partial charge in [0.25, 0.3) is 0 Å². The van der Waals surface area contributed by atoms with Gasteiger partial charge in [-0.3, -0.25) is 9.59 Å². The Balaban J connectivity index is 1.97. The molecule has 1 saturated heterocycles. The minimum absolute atomic E-state index is 0.0659. The van der Waals surface area contributed by atoms with Gasteiger partial charge in [0.1, 0.15) is 0 Å². The second kappa shape index (κ2) is 9.22. The Labute approximate surface area is 150 Å². The second-order valence-electron chi connectivity index (χ2n) is 6.32. The van der Waals surface area contributed by atoms with Crippen LogP contribution in [0.4, 0.5) is 11.4 Å². The highest BCUT2D eigenvalue weighted by Gasteiger charge is 2.16. The van der Waals surface area contributed by atoms with Crippen molar-refractivity contribution in [3.8, 4) is 0 Å². The fourth-order valence-electron chi connectivity index (χ4n) is 2.86. The van der Waals surface area contributed by atoms with Gasteiger partial charge in [-0.25, -0.2) is 0 Å². The van der Waals surface area contributed by atoms with Crippen molar-refractivity contribution in [2.45, 2.75) is 13.3 Å². The molecule has 1 fully saturated rings. The molecular formula is C19H28N4O2. The number of rotatable bonds is 7. The molecule has 0 aliphatic carbocycles. The van der Waals surface area contributed by atoms with Crippen LogP contribution in [0.15, 0.2) is 36.9 Å². The van der Waals surface area contributed by atoms with E-state index < -0.39 is 0 Å². The van der Waals surface area contributed by atoms with Crippen LogP contribution in [0.25, 0.3) is 0 Å². The van der Waals surface area contributed by atoms with Crippen LogP contribution in [0.5, 0.6) is 0 Å². The second-order valence-corrected chi connectivity index (χ2v) is 6.32. The predicted octanol–water partition coefficient (Wildman–Crippen LogP) is 1.48. The lowest BCUT2D eigenvalue weighted by molar-refractivity contribution is -0.120. The number of carbonyl (C=O) groups is 2. The van der Waals surface area contributed by atoms with Crippen LogP contribution in [-0.4, -0.2) is 63.0 Å². The van der Waals surface area contributed by atoms with Crippen molar-refractivity contribution in [3.63, 3.8) is 0 Å². The predicted molar refractivity (Wildman–Crippen MR) is 102 cm³/mol. The average Bonchev–Trinajstić information content (AvgIpc) is 2.61. The van der Waals surface area contributed by atoms with Gasteiger partial charge in [0.2, 0.25) is 11.8 Å². The summed E-state index contributed by atoms with van der Waals surface area (Å²) < 4.78 is 0. The lowest BCUT2D eigenvalue weighted by atomic mass is 10.2. The highest BCUT2D eigenvalue weighted by molar-refractivity contribution is 5.92. The third-order valence-electron chi connectivity index (χ3n) is 4.42. The highest BCUT2D eigenvalue weighted by Crippen LogP contribution is 2.22. The molecule has 1 aliphatic rings. The fourth-order valence-corrected chi connectivity index (χ4v) is 2.86. The Hall–Kier alpha value is -2.34. The molecular weight excluding hydrogens is 316 g/mol. The molecule has 25 heavy (non-hydrogen) atoms. The molecule has 0 atom stereocenters. The number of hydrogen-bond acceptors (Lipinski definition) is 4. The molecule has 0 aromatic heterocycles. The number of amides is 2. The molecule has 6 heteroatoms. The summed E-state index contributed by atoms with van der Waals surface area (Å²) >= 11 is 0. The minimum Gasteiger partial charge on any atom is -0.369 e. The Morgan fingerprint density at radius 1 is 1.20 bits per heavy atom. The van der Waals surface area contributed by atoms with Crippen molar-refractivity contribution in [2.24, 2.45) is 0 Å². The van der Waals surface area contributed by atoms with E-state index in [1.54, 1.807) is 11.0 Å². The third-order valence-corrected chi connectivity index (χ3v) is 4.42. The molecule has 0 saturated carbocycles. The molecule has 1 aromatic rings. The summed E-state index contributed by atoms with van der Waals surface area (Å²) in [6, 6.07) is 8.01. The number of benzene rings is 1. The molecule has 1 N–H and O–H groups in total. The molecule has 1 aliphatic heterocycles. The largest absolute Gasteiger partial charge is 0.369 e. The maximum atomic E-state index is 12.0. The highest BCUT2D eigenvalue weighted by atomic mass is 16.2. The van der Waals surface area contributed by atoms with Crippen molar-refractivity contribution >= 4 is 23.2 Å². The van der Waals surface area contributed by atoms with Crippen LogP contribution in [0.3, 0.4) is 0 Å². The summed E-state index contributed by atoms with van der Waals surface area (Å²) in [4.78, 5) is 30.0. The van der Waals surface area contributed by atoms with E-state index in [4.69, 9.17) is 0 Å². The molecule has 0 bridgehead atoms. The number of nitrogens with zero attached hydrogens (tertiary/aromatic N) is 3. The number of likely N-dealkylation sites (N-methyl/N-ethyl adjacent to an activating group) is 1. The van der Waals surface area contributed by atoms with Gasteiger partial charge in [-0.05, 0) is 31.3 Å². The Bertz CT molecular complexity index is 592. The summed E-state index contributed by atoms with van der Waals surface area (Å²) in [6.07, 6.45) is 1.91. The van der Waals surface area contributed by atoms with E-state index in [9.17, 15) is 9.59 Å². The van der Waals surface area contributed by atoms with Crippen molar-refractivity contribution in [3.05, 3.63) is 36.9 Å². The Kier molecular flexibility index (Phi) is 7.01. The summed E-state index contributed by atoms with van der Waals surface area (Å²) in [7, 11) is 2.14. The zero-order valence-electron chi connectivity index (χ0n) is 15.2. The van der Waals surface area contributed by atoms with Crippen LogP contribution >= 0.6 is 0 Å². The molecule has 0 spiro atoms. The lowest BCUT2D eigenvalue weighted by Gasteiger charge is -2.34. The van der Waals surface area contributed by atoms with Gasteiger partial charge in [0.15, 0.2) is 0 Å². The van der Waals surface area contributed by atoms with Crippen LogP contribution in [0, 0.1) is 0 Å². The fraction of sp³-hybridized carbons (Fsp3) is 0.474. The van der Waals surface area contributed by atoms with E-state index in [0.29, 0.717) is 13.1 Å². The Morgan fingerprint density at radius 3 is 2.40 bits per heavy atom. The normalized spacial score (nSPS) is 14.9. The monoisotopic (exact) mass is 344 g/mol. The van der Waals surface area contributed by atoms with Crippen molar-refractivity contribution in [1.82, 2.24) is 10.2 Å². The van der Waals surface area contributed by atoms with Gasteiger partial charge in [0.05, 0.1) is 0 Å². The first-order chi connectivity index (χ1) is 12.0. The smallest absolute Gasteiger partial charge is 0.223 e. The van der Waals surface area contributed by atoms with Gasteiger partial charge >= 0.3 is 0 Å². The number of nitrogens with one attached hydrogen (secondary N) is 1. The number of carbonyl (C=O) groups excluding carboxylic acids is 2. The van der Waals surface area contributed by atoms with Crippen LogP contribution in [0.2, 0.25) is 0 Å². The maximum Gasteiger partial charge on any atom is 0.223 e. The first kappa shape index (κ1) is 19.0. The first-order valence-corrected chi connectivity index (χ1v) is 8.70. The Morgan fingerprint density at radius 2 is 1.84 bits per heavy atom. The van der Waals surface area contributed by atoms with E-state index in [0.717, 1.165) is 31.9 Å². The van der Waals surface area contributed by atoms with Crippen molar-refractivity contribution < 1.29 is 9.59 Å². The van der Waals surface area contributed by atoms with Crippen LogP contribution in [-0.2, 0) is 9.59 Å². The molecule has 6 nitrogen and oxygen atoms in total. The summed E-state index contributed by atoms with van der Waals surface area (Å²) in [5.74, 6) is -0.149. The lowest BCUT2D eigenvalue weighted by Crippen LogP contribution is -2.44. The van der Waals surface area contributed by atoms with Gasteiger partial charge < -0.3 is 20.0 Å². The number of piperazine rings is 1. The zero-order chi connectivity index (χ0) is 18.2. The molecule has 2 rings (SSSR count). The van der Waals surface area contributed by atoms with E-state index >= 15 is 0 Å². The molecule has 2 amide bonds. The van der Waals surface area contributed by atoms with Gasteiger partial charge in [-0.2, -0.15) is 0 Å². The standard InChI is InChI=1S/C19H28N4O2/c1-4-10-20-19(25)9-11-23(16(2)24)18-7-5-17(6-8-18)22-14-12-21(3)13-15-22/h4-8H,1,9-15H2,2-3H3,(H,20,25). The van der Waals surface area contributed by atoms with E-state index in [2.05, 4.69) is 28.7 Å². The molecule has 0 radical (unpaired) electrons. The van der Waals surface area contributed by atoms with E-state index in [1.807, 2.05) is 24.3 Å². The average molecular weight is 344 g/mol. The third kappa shape index (κ3) is 5.60. The van der Waals surface area contributed by atoms with Gasteiger partial charge in [-0.15, -0.1) is 6.58 Å². The maximum absolute atomic E-state index is 12.0. The zero-order valence-corrected chi connectivity index (χ0v) is 15.2. The first-order valence-electron chi connectivity index (χ1n) is 8.70. The van der Waals surface area contributed by atoms with Crippen molar-refractivity contribution in [1.29, 1.82) is 0 Å². The summed E-state index contributed by atoms with van der Waals surface area (Å²) in [5.41, 5.74) is 1.99. The topological polar surface area (TPSA) is 55.9 Å². The molecule has 1 aromatic carbocycles. The minimum atomic E-state index is -0.0831. The molecule has 136 valence electrons. The number of anilines is 2.